The predicted molar refractivity (Wildman–Crippen MR) is 196 cm³/mol. The molecule has 0 N–H and O–H groups in total. The third-order valence-electron chi connectivity index (χ3n) is 9.43. The summed E-state index contributed by atoms with van der Waals surface area (Å²) in [5, 5.41) is 7.90. The molecule has 45 heavy (non-hydrogen) atoms. The largest absolute Gasteiger partial charge is 0.0879 e. The maximum absolute atomic E-state index is 2.39. The second kappa shape index (κ2) is 12.6. The van der Waals surface area contributed by atoms with Gasteiger partial charge in [-0.2, -0.15) is 0 Å². The number of hydrogen-bond acceptors (Lipinski definition) is 0. The lowest BCUT2D eigenvalue weighted by atomic mass is 9.87. The van der Waals surface area contributed by atoms with Crippen molar-refractivity contribution in [3.05, 3.63) is 168 Å². The van der Waals surface area contributed by atoms with Crippen LogP contribution in [0, 0.1) is 20.8 Å². The van der Waals surface area contributed by atoms with E-state index in [1.165, 1.54) is 96.1 Å². The van der Waals surface area contributed by atoms with Crippen molar-refractivity contribution in [2.75, 3.05) is 0 Å². The SMILES string of the molecule is Cc1ccc2ccccc2c1.Cc1ccccc1-c1c(C)ccc2ccc(-c3ccc4cc(C5C=CCCC5)ccc4c3)cc12. The molecule has 1 aliphatic rings. The molecule has 0 aliphatic heterocycles. The lowest BCUT2D eigenvalue weighted by molar-refractivity contribution is 0.655. The minimum atomic E-state index is 0.571. The van der Waals surface area contributed by atoms with Crippen molar-refractivity contribution < 1.29 is 0 Å². The monoisotopic (exact) mass is 580 g/mol. The van der Waals surface area contributed by atoms with E-state index in [0.29, 0.717) is 5.92 Å². The fraction of sp³-hybridized carbons (Fsp3) is 0.156. The summed E-state index contributed by atoms with van der Waals surface area (Å²) in [6.07, 6.45) is 8.52. The van der Waals surface area contributed by atoms with Crippen LogP contribution in [0.1, 0.15) is 47.4 Å². The summed E-state index contributed by atoms with van der Waals surface area (Å²) in [5.41, 5.74) is 10.6. The Morgan fingerprint density at radius 3 is 2.00 bits per heavy atom. The molecule has 0 saturated carbocycles. The Morgan fingerprint density at radius 2 is 1.18 bits per heavy atom. The first-order valence-corrected chi connectivity index (χ1v) is 16.3. The van der Waals surface area contributed by atoms with Crippen molar-refractivity contribution in [3.8, 4) is 22.3 Å². The van der Waals surface area contributed by atoms with Gasteiger partial charge in [0.25, 0.3) is 0 Å². The fourth-order valence-corrected chi connectivity index (χ4v) is 6.89. The van der Waals surface area contributed by atoms with Gasteiger partial charge in [0.1, 0.15) is 0 Å². The van der Waals surface area contributed by atoms with Gasteiger partial charge >= 0.3 is 0 Å². The van der Waals surface area contributed by atoms with Crippen LogP contribution >= 0.6 is 0 Å². The van der Waals surface area contributed by atoms with E-state index < -0.39 is 0 Å². The number of fused-ring (bicyclic) bond motifs is 3. The quantitative estimate of drug-likeness (QED) is 0.182. The molecule has 0 fully saturated rings. The molecule has 8 rings (SSSR count). The van der Waals surface area contributed by atoms with Crippen LogP contribution in [-0.2, 0) is 0 Å². The molecule has 0 radical (unpaired) electrons. The average molecular weight is 581 g/mol. The van der Waals surface area contributed by atoms with E-state index in [1.54, 1.807) is 0 Å². The van der Waals surface area contributed by atoms with E-state index >= 15 is 0 Å². The molecule has 220 valence electrons. The molecular formula is C45H40. The number of hydrogen-bond donors (Lipinski definition) is 0. The van der Waals surface area contributed by atoms with E-state index in [1.807, 2.05) is 0 Å². The van der Waals surface area contributed by atoms with Crippen LogP contribution in [0.25, 0.3) is 54.6 Å². The standard InChI is InChI=1S/C34H30.C11H10/c1-23-8-6-7-11-32(23)34-24(2)12-13-26-14-15-31(22-33(26)34)30-19-18-28-20-27(16-17-29(28)21-30)25-9-4-3-5-10-25;1-9-6-7-10-4-2-3-5-11(10)8-9/h4,6-9,11-22,25H,3,5,10H2,1-2H3;2-8H,1H3. The summed E-state index contributed by atoms with van der Waals surface area (Å²) in [5.74, 6) is 0.571. The number of allylic oxidation sites excluding steroid dienone is 2. The lowest BCUT2D eigenvalue weighted by Gasteiger charge is -2.17. The van der Waals surface area contributed by atoms with Gasteiger partial charge in [-0.15, -0.1) is 0 Å². The Morgan fingerprint density at radius 1 is 0.511 bits per heavy atom. The highest BCUT2D eigenvalue weighted by molar-refractivity contribution is 6.01. The molecule has 1 atom stereocenters. The first-order valence-electron chi connectivity index (χ1n) is 16.3. The smallest absolute Gasteiger partial charge is 0.00183 e. The summed E-state index contributed by atoms with van der Waals surface area (Å²) >= 11 is 0. The van der Waals surface area contributed by atoms with Gasteiger partial charge in [0.05, 0.1) is 0 Å². The highest BCUT2D eigenvalue weighted by Gasteiger charge is 2.13. The van der Waals surface area contributed by atoms with E-state index in [9.17, 15) is 0 Å². The van der Waals surface area contributed by atoms with Crippen molar-refractivity contribution >= 4 is 32.3 Å². The highest BCUT2D eigenvalue weighted by atomic mass is 14.2. The second-order valence-corrected chi connectivity index (χ2v) is 12.6. The van der Waals surface area contributed by atoms with Crippen molar-refractivity contribution in [3.63, 3.8) is 0 Å². The molecule has 0 heteroatoms. The first kappa shape index (κ1) is 28.8. The maximum atomic E-state index is 2.39. The van der Waals surface area contributed by atoms with Gasteiger partial charge in [-0.1, -0.05) is 139 Å². The lowest BCUT2D eigenvalue weighted by Crippen LogP contribution is -1.99. The molecule has 1 aliphatic carbocycles. The number of rotatable bonds is 3. The number of aryl methyl sites for hydroxylation is 3. The van der Waals surface area contributed by atoms with Gasteiger partial charge in [0.2, 0.25) is 0 Å². The molecule has 1 unspecified atom stereocenters. The average Bonchev–Trinajstić information content (AvgIpc) is 3.08. The third-order valence-corrected chi connectivity index (χ3v) is 9.43. The van der Waals surface area contributed by atoms with Gasteiger partial charge in [-0.25, -0.2) is 0 Å². The molecule has 0 bridgehead atoms. The molecule has 0 saturated heterocycles. The summed E-state index contributed by atoms with van der Waals surface area (Å²) in [6, 6.07) is 49.0. The molecule has 0 amide bonds. The summed E-state index contributed by atoms with van der Waals surface area (Å²) in [4.78, 5) is 0. The van der Waals surface area contributed by atoms with E-state index in [2.05, 4.69) is 166 Å². The Balaban J connectivity index is 0.000000249. The zero-order chi connectivity index (χ0) is 30.8. The first-order chi connectivity index (χ1) is 22.0. The van der Waals surface area contributed by atoms with Gasteiger partial charge in [0.15, 0.2) is 0 Å². The van der Waals surface area contributed by atoms with Gasteiger partial charge in [0, 0.05) is 5.92 Å². The molecular weight excluding hydrogens is 540 g/mol. The minimum absolute atomic E-state index is 0.571. The molecule has 0 heterocycles. The van der Waals surface area contributed by atoms with Crippen LogP contribution in [0.2, 0.25) is 0 Å². The second-order valence-electron chi connectivity index (χ2n) is 12.6. The van der Waals surface area contributed by atoms with E-state index in [-0.39, 0.29) is 0 Å². The zero-order valence-corrected chi connectivity index (χ0v) is 26.6. The molecule has 0 spiro atoms. The molecule has 0 nitrogen and oxygen atoms in total. The van der Waals surface area contributed by atoms with Crippen LogP contribution in [0.3, 0.4) is 0 Å². The van der Waals surface area contributed by atoms with Crippen molar-refractivity contribution in [2.45, 2.75) is 46.0 Å². The highest BCUT2D eigenvalue weighted by Crippen LogP contribution is 2.37. The Bertz CT molecular complexity index is 2180. The van der Waals surface area contributed by atoms with Gasteiger partial charge in [-0.05, 0) is 123 Å². The van der Waals surface area contributed by atoms with Crippen LogP contribution in [0.15, 0.2) is 146 Å². The van der Waals surface area contributed by atoms with Crippen molar-refractivity contribution in [1.82, 2.24) is 0 Å². The number of benzene rings is 7. The Hall–Kier alpha value is -4.94. The Labute approximate surface area is 267 Å². The van der Waals surface area contributed by atoms with Gasteiger partial charge in [-0.3, -0.25) is 0 Å². The van der Waals surface area contributed by atoms with Crippen molar-refractivity contribution in [2.24, 2.45) is 0 Å². The van der Waals surface area contributed by atoms with E-state index in [0.717, 1.165) is 0 Å². The zero-order valence-electron chi connectivity index (χ0n) is 26.6. The predicted octanol–water partition coefficient (Wildman–Crippen LogP) is 12.9. The summed E-state index contributed by atoms with van der Waals surface area (Å²) < 4.78 is 0. The molecule has 7 aromatic rings. The topological polar surface area (TPSA) is 0 Å². The Kier molecular flexibility index (Phi) is 8.05. The van der Waals surface area contributed by atoms with Crippen LogP contribution in [0.5, 0.6) is 0 Å². The maximum Gasteiger partial charge on any atom is 0.00183 e. The normalized spacial score (nSPS) is 14.4. The van der Waals surface area contributed by atoms with Crippen molar-refractivity contribution in [1.29, 1.82) is 0 Å². The van der Waals surface area contributed by atoms with Crippen LogP contribution < -0.4 is 0 Å². The summed E-state index contributed by atoms with van der Waals surface area (Å²) in [6.45, 7) is 6.55. The molecule has 0 aromatic heterocycles. The fourth-order valence-electron chi connectivity index (χ4n) is 6.89. The molecule has 7 aromatic carbocycles. The third kappa shape index (κ3) is 6.06. The minimum Gasteiger partial charge on any atom is -0.0879 e. The van der Waals surface area contributed by atoms with Crippen LogP contribution in [0.4, 0.5) is 0 Å². The van der Waals surface area contributed by atoms with E-state index in [4.69, 9.17) is 0 Å². The summed E-state index contributed by atoms with van der Waals surface area (Å²) in [7, 11) is 0. The van der Waals surface area contributed by atoms with Gasteiger partial charge < -0.3 is 0 Å². The van der Waals surface area contributed by atoms with Crippen LogP contribution in [-0.4, -0.2) is 0 Å².